The number of nitrogens with one attached hydrogen (secondary N) is 3. The van der Waals surface area contributed by atoms with Gasteiger partial charge in [-0.15, -0.1) is 0 Å². The summed E-state index contributed by atoms with van der Waals surface area (Å²) in [4.78, 5) is 67.0. The molecule has 2 aromatic carbocycles. The summed E-state index contributed by atoms with van der Waals surface area (Å²) in [5.41, 5.74) is 0.622. The predicted octanol–water partition coefficient (Wildman–Crippen LogP) is 1.93. The number of benzene rings is 2. The molecule has 0 bridgehead atoms. The number of carbonyl (C=O) groups excluding carboxylic acids is 5. The van der Waals surface area contributed by atoms with Crippen molar-refractivity contribution in [3.05, 3.63) is 65.7 Å². The maximum absolute atomic E-state index is 13.8. The molecule has 2 aromatic rings. The van der Waals surface area contributed by atoms with Crippen LogP contribution in [0.3, 0.4) is 0 Å². The second kappa shape index (κ2) is 14.6. The van der Waals surface area contributed by atoms with E-state index in [1.54, 1.807) is 52.1 Å². The van der Waals surface area contributed by atoms with Crippen molar-refractivity contribution in [1.82, 2.24) is 20.9 Å². The zero-order valence-corrected chi connectivity index (χ0v) is 26.3. The molecule has 2 heterocycles. The first-order chi connectivity index (χ1) is 21.4. The van der Waals surface area contributed by atoms with E-state index in [2.05, 4.69) is 16.0 Å². The summed E-state index contributed by atoms with van der Waals surface area (Å²) in [7, 11) is 1.55. The minimum absolute atomic E-state index is 0.111. The topological polar surface area (TPSA) is 156 Å². The number of rotatable bonds is 14. The number of ether oxygens (including phenoxy) is 3. The van der Waals surface area contributed by atoms with Crippen LogP contribution in [0.5, 0.6) is 5.75 Å². The van der Waals surface area contributed by atoms with E-state index >= 15 is 0 Å². The molecule has 5 atom stereocenters. The van der Waals surface area contributed by atoms with Crippen molar-refractivity contribution < 1.29 is 38.2 Å². The van der Waals surface area contributed by atoms with Crippen LogP contribution >= 0.6 is 0 Å². The van der Waals surface area contributed by atoms with E-state index in [1.165, 1.54) is 11.8 Å². The van der Waals surface area contributed by atoms with Crippen LogP contribution in [0, 0.1) is 0 Å². The molecule has 0 spiro atoms. The molecule has 4 rings (SSSR count). The van der Waals surface area contributed by atoms with Gasteiger partial charge in [0.1, 0.15) is 29.5 Å². The van der Waals surface area contributed by atoms with Crippen molar-refractivity contribution in [2.24, 2.45) is 0 Å². The van der Waals surface area contributed by atoms with E-state index in [-0.39, 0.29) is 31.3 Å². The Hall–Kier alpha value is -4.45. The van der Waals surface area contributed by atoms with E-state index in [1.807, 2.05) is 30.3 Å². The van der Waals surface area contributed by atoms with Gasteiger partial charge in [-0.2, -0.15) is 0 Å². The predicted molar refractivity (Wildman–Crippen MR) is 164 cm³/mol. The molecule has 242 valence electrons. The molecule has 3 N–H and O–H groups in total. The Morgan fingerprint density at radius 2 is 1.49 bits per heavy atom. The zero-order chi connectivity index (χ0) is 32.7. The number of nitrogens with zero attached hydrogens (tertiary/aromatic N) is 1. The van der Waals surface area contributed by atoms with Crippen molar-refractivity contribution in [3.8, 4) is 5.75 Å². The van der Waals surface area contributed by atoms with E-state index in [0.717, 1.165) is 11.1 Å². The van der Waals surface area contributed by atoms with Gasteiger partial charge < -0.3 is 30.2 Å². The molecular formula is C33H42N4O8. The van der Waals surface area contributed by atoms with Crippen LogP contribution < -0.4 is 20.7 Å². The average molecular weight is 623 g/mol. The minimum Gasteiger partial charge on any atom is -0.497 e. The lowest BCUT2D eigenvalue weighted by atomic mass is 9.94. The standard InChI is InChI=1S/C33H42N4O8/c1-20(2)45-32(42)37-16-15-27(37)31(41)34-21(3)29(39)36-26(18-23-11-13-24(43-5)14-12-23)30(40)35-25(28(38)33(4)19-44-33)17-22-9-7-6-8-10-22/h6-14,20-21,25-27H,15-19H2,1-5H3,(H,34,41)(H,35,40)(H,36,39). The summed E-state index contributed by atoms with van der Waals surface area (Å²) in [5.74, 6) is -1.27. The van der Waals surface area contributed by atoms with Crippen molar-refractivity contribution in [2.45, 2.75) is 82.8 Å². The van der Waals surface area contributed by atoms with Crippen LogP contribution in [0.1, 0.15) is 45.2 Å². The maximum Gasteiger partial charge on any atom is 0.410 e. The number of amides is 4. The summed E-state index contributed by atoms with van der Waals surface area (Å²) >= 11 is 0. The number of methoxy groups -OCH3 is 1. The Kier molecular flexibility index (Phi) is 10.8. The van der Waals surface area contributed by atoms with Gasteiger partial charge in [-0.1, -0.05) is 42.5 Å². The molecule has 0 aromatic heterocycles. The Balaban J connectivity index is 1.47. The van der Waals surface area contributed by atoms with Gasteiger partial charge in [-0.05, 0) is 63.8 Å². The van der Waals surface area contributed by atoms with Crippen molar-refractivity contribution in [3.63, 3.8) is 0 Å². The van der Waals surface area contributed by atoms with Gasteiger partial charge in [0.15, 0.2) is 5.78 Å². The molecule has 2 aliphatic heterocycles. The van der Waals surface area contributed by atoms with Crippen molar-refractivity contribution in [2.75, 3.05) is 20.3 Å². The molecule has 2 fully saturated rings. The quantitative estimate of drug-likeness (QED) is 0.270. The maximum atomic E-state index is 13.8. The largest absolute Gasteiger partial charge is 0.497 e. The fraction of sp³-hybridized carbons (Fsp3) is 0.485. The highest BCUT2D eigenvalue weighted by Crippen LogP contribution is 2.29. The zero-order valence-electron chi connectivity index (χ0n) is 26.3. The first kappa shape index (κ1) is 33.4. The normalized spacial score (nSPS) is 20.6. The Labute approximate surface area is 263 Å². The molecule has 0 radical (unpaired) electrons. The first-order valence-electron chi connectivity index (χ1n) is 15.1. The third-order valence-electron chi connectivity index (χ3n) is 7.89. The summed E-state index contributed by atoms with van der Waals surface area (Å²) in [6.07, 6.45) is -0.121. The van der Waals surface area contributed by atoms with Crippen LogP contribution in [0.2, 0.25) is 0 Å². The van der Waals surface area contributed by atoms with E-state index in [0.29, 0.717) is 18.7 Å². The number of likely N-dealkylation sites (tertiary alicyclic amines) is 1. The minimum atomic E-state index is -1.08. The van der Waals surface area contributed by atoms with Crippen molar-refractivity contribution in [1.29, 1.82) is 0 Å². The van der Waals surface area contributed by atoms with Gasteiger partial charge in [0.2, 0.25) is 17.7 Å². The molecule has 5 unspecified atom stereocenters. The summed E-state index contributed by atoms with van der Waals surface area (Å²) < 4.78 is 15.8. The lowest BCUT2D eigenvalue weighted by Crippen LogP contribution is -2.61. The fourth-order valence-corrected chi connectivity index (χ4v) is 4.98. The summed E-state index contributed by atoms with van der Waals surface area (Å²) in [5, 5.41) is 8.25. The number of epoxide rings is 1. The molecule has 4 amide bonds. The van der Waals surface area contributed by atoms with Crippen LogP contribution in [0.4, 0.5) is 4.79 Å². The van der Waals surface area contributed by atoms with E-state index in [9.17, 15) is 24.0 Å². The molecule has 12 heteroatoms. The lowest BCUT2D eigenvalue weighted by Gasteiger charge is -2.39. The summed E-state index contributed by atoms with van der Waals surface area (Å²) in [6, 6.07) is 12.6. The Morgan fingerprint density at radius 1 is 0.889 bits per heavy atom. The first-order valence-corrected chi connectivity index (χ1v) is 15.1. The molecular weight excluding hydrogens is 580 g/mol. The molecule has 12 nitrogen and oxygen atoms in total. The fourth-order valence-electron chi connectivity index (χ4n) is 4.98. The highest BCUT2D eigenvalue weighted by molar-refractivity contribution is 5.99. The molecule has 2 saturated heterocycles. The summed E-state index contributed by atoms with van der Waals surface area (Å²) in [6.45, 7) is 7.27. The SMILES string of the molecule is COc1ccc(CC(NC(=O)C(C)NC(=O)C2CCN2C(=O)OC(C)C)C(=O)NC(Cc2ccccc2)C(=O)C2(C)CO2)cc1. The smallest absolute Gasteiger partial charge is 0.410 e. The lowest BCUT2D eigenvalue weighted by molar-refractivity contribution is -0.136. The third-order valence-corrected chi connectivity index (χ3v) is 7.89. The highest BCUT2D eigenvalue weighted by atomic mass is 16.6. The van der Waals surface area contributed by atoms with Gasteiger partial charge in [0.05, 0.1) is 25.9 Å². The van der Waals surface area contributed by atoms with Crippen LogP contribution in [0.25, 0.3) is 0 Å². The van der Waals surface area contributed by atoms with Crippen LogP contribution in [-0.4, -0.2) is 90.6 Å². The second-order valence-electron chi connectivity index (χ2n) is 11.9. The number of hydrogen-bond donors (Lipinski definition) is 3. The van der Waals surface area contributed by atoms with E-state index < -0.39 is 53.6 Å². The van der Waals surface area contributed by atoms with Gasteiger partial charge in [-0.25, -0.2) is 4.79 Å². The Morgan fingerprint density at radius 3 is 2.04 bits per heavy atom. The molecule has 0 aliphatic carbocycles. The van der Waals surface area contributed by atoms with E-state index in [4.69, 9.17) is 14.2 Å². The monoisotopic (exact) mass is 622 g/mol. The number of ketones is 1. The van der Waals surface area contributed by atoms with Gasteiger partial charge in [0.25, 0.3) is 0 Å². The average Bonchev–Trinajstić information content (AvgIpc) is 3.74. The van der Waals surface area contributed by atoms with Gasteiger partial charge in [0, 0.05) is 13.0 Å². The molecule has 2 aliphatic rings. The van der Waals surface area contributed by atoms with Crippen LogP contribution in [-0.2, 0) is 41.5 Å². The second-order valence-corrected chi connectivity index (χ2v) is 11.9. The third kappa shape index (κ3) is 8.81. The molecule has 45 heavy (non-hydrogen) atoms. The van der Waals surface area contributed by atoms with Crippen LogP contribution in [0.15, 0.2) is 54.6 Å². The van der Waals surface area contributed by atoms with Gasteiger partial charge in [-0.3, -0.25) is 24.1 Å². The number of hydrogen-bond acceptors (Lipinski definition) is 8. The highest BCUT2D eigenvalue weighted by Gasteiger charge is 2.50. The number of carbonyl (C=O) groups is 5. The van der Waals surface area contributed by atoms with Gasteiger partial charge >= 0.3 is 6.09 Å². The molecule has 0 saturated carbocycles. The number of Topliss-reactive ketones (excluding diaryl/α,β-unsaturated/α-hetero) is 1. The van der Waals surface area contributed by atoms with Crippen molar-refractivity contribution >= 4 is 29.6 Å². The Bertz CT molecular complexity index is 1380.